The molecule has 4 nitrogen and oxygen atoms in total. The second-order valence-corrected chi connectivity index (χ2v) is 2.33. The van der Waals surface area contributed by atoms with Crippen LogP contribution in [-0.4, -0.2) is 21.7 Å². The van der Waals surface area contributed by atoms with Gasteiger partial charge in [0.25, 0.3) is 0 Å². The van der Waals surface area contributed by atoms with Gasteiger partial charge in [-0.15, -0.1) is 0 Å². The maximum Gasteiger partial charge on any atom is 0 e. The van der Waals surface area contributed by atoms with Crippen LogP contribution in [0.2, 0.25) is 0 Å². The summed E-state index contributed by atoms with van der Waals surface area (Å²) in [6.45, 7) is 0. The van der Waals surface area contributed by atoms with Crippen molar-refractivity contribution >= 4 is 13.4 Å². The van der Waals surface area contributed by atoms with Gasteiger partial charge in [-0.2, -0.15) is 0 Å². The molecule has 0 atom stereocenters. The Morgan fingerprint density at radius 3 is 1.14 bits per heavy atom. The van der Waals surface area contributed by atoms with E-state index in [0.717, 1.165) is 0 Å². The van der Waals surface area contributed by atoms with Crippen molar-refractivity contribution in [2.24, 2.45) is 0 Å². The molecular formula is H2CdHgO4Se. The van der Waals surface area contributed by atoms with E-state index in [1.807, 2.05) is 0 Å². The van der Waals surface area contributed by atoms with Crippen LogP contribution in [0.4, 0.5) is 0 Å². The van der Waals surface area contributed by atoms with Crippen LogP contribution in [-0.2, 0) is 62.6 Å². The van der Waals surface area contributed by atoms with Crippen LogP contribution in [0.25, 0.3) is 0 Å². The summed E-state index contributed by atoms with van der Waals surface area (Å²) < 4.78 is 31.9. The van der Waals surface area contributed by atoms with Crippen LogP contribution < -0.4 is 0 Å². The van der Waals surface area contributed by atoms with Gasteiger partial charge in [-0.25, -0.2) is 0 Å². The van der Waals surface area contributed by atoms with Crippen molar-refractivity contribution in [1.29, 1.82) is 0 Å². The Morgan fingerprint density at radius 2 is 1.14 bits per heavy atom. The fourth-order valence-corrected chi connectivity index (χ4v) is 0. The molecule has 0 rings (SSSR count). The zero-order valence-corrected chi connectivity index (χ0v) is 14.8. The minimum Gasteiger partial charge on any atom is 0 e. The Labute approximate surface area is 83.2 Å². The topological polar surface area (TPSA) is 74.6 Å². The normalized spacial score (nSPS) is 8.29. The molecule has 0 saturated carbocycles. The van der Waals surface area contributed by atoms with E-state index in [4.69, 9.17) is 16.0 Å². The van der Waals surface area contributed by atoms with Crippen molar-refractivity contribution in [2.75, 3.05) is 0 Å². The molecule has 0 saturated heterocycles. The average Bonchev–Trinajstić information content (AvgIpc) is 0.722. The second-order valence-electron chi connectivity index (χ2n) is 0.448. The summed E-state index contributed by atoms with van der Waals surface area (Å²) in [5.74, 6) is 0. The molecule has 0 aliphatic heterocycles. The third kappa shape index (κ3) is 76.3. The molecule has 0 heterocycles. The van der Waals surface area contributed by atoms with Crippen LogP contribution in [0.5, 0.6) is 0 Å². The Bertz CT molecular complexity index is 94.9. The van der Waals surface area contributed by atoms with Crippen molar-refractivity contribution in [1.82, 2.24) is 0 Å². The first kappa shape index (κ1) is 16.0. The molecule has 0 unspecified atom stereocenters. The minimum absolute atomic E-state index is 0. The molecule has 0 aromatic rings. The fourth-order valence-electron chi connectivity index (χ4n) is 0. The summed E-state index contributed by atoms with van der Waals surface area (Å²) >= 11 is -5.25. The molecule has 0 aromatic carbocycles. The molecule has 0 aliphatic rings. The summed E-state index contributed by atoms with van der Waals surface area (Å²) in [5.41, 5.74) is 0. The molecule has 36 valence electrons. The van der Waals surface area contributed by atoms with Crippen LogP contribution in [0, 0.1) is 0 Å². The SMILES string of the molecule is O=[Se](=O)(O)O.[Cd].[Hg]. The fraction of sp³-hybridized carbons (Fsp3) is 0. The Kier molecular flexibility index (Phi) is 13.7. The van der Waals surface area contributed by atoms with Gasteiger partial charge in [0.15, 0.2) is 0 Å². The van der Waals surface area contributed by atoms with Crippen LogP contribution in [0.15, 0.2) is 0 Å². The zero-order chi connectivity index (χ0) is 4.50. The maximum absolute atomic E-state index is 8.82. The Hall–Kier alpha value is 1.90. The van der Waals surface area contributed by atoms with Gasteiger partial charge < -0.3 is 0 Å². The molecule has 2 N–H and O–H groups in total. The summed E-state index contributed by atoms with van der Waals surface area (Å²) in [7, 11) is 0. The van der Waals surface area contributed by atoms with Crippen LogP contribution in [0.3, 0.4) is 0 Å². The molecular weight excluding hydrogens is 456 g/mol. The molecule has 0 radical (unpaired) electrons. The number of hydrogen-bond acceptors (Lipinski definition) is 2. The average molecular weight is 458 g/mol. The van der Waals surface area contributed by atoms with Gasteiger partial charge in [0.1, 0.15) is 0 Å². The molecule has 7 heteroatoms. The summed E-state index contributed by atoms with van der Waals surface area (Å²) in [4.78, 5) is 0. The standard InChI is InChI=1S/Cd.Hg.H2O4Se/c;;1-5(2,3)4/h;;(H2,1,2,3,4). The molecule has 0 amide bonds. The summed E-state index contributed by atoms with van der Waals surface area (Å²) in [6.07, 6.45) is 0. The van der Waals surface area contributed by atoms with E-state index in [1.54, 1.807) is 0 Å². The van der Waals surface area contributed by atoms with E-state index in [0.29, 0.717) is 0 Å². The minimum atomic E-state index is -5.25. The van der Waals surface area contributed by atoms with Gasteiger partial charge in [-0.05, 0) is 0 Å². The van der Waals surface area contributed by atoms with E-state index < -0.39 is 13.4 Å². The third-order valence-corrected chi connectivity index (χ3v) is 0. The molecule has 7 heavy (non-hydrogen) atoms. The van der Waals surface area contributed by atoms with E-state index in [2.05, 4.69) is 0 Å². The van der Waals surface area contributed by atoms with E-state index in [9.17, 15) is 0 Å². The van der Waals surface area contributed by atoms with E-state index in [1.165, 1.54) is 0 Å². The Balaban J connectivity index is -0.0000000800. The van der Waals surface area contributed by atoms with Crippen molar-refractivity contribution in [3.05, 3.63) is 0 Å². The van der Waals surface area contributed by atoms with Crippen molar-refractivity contribution in [3.63, 3.8) is 0 Å². The van der Waals surface area contributed by atoms with Gasteiger partial charge >= 0.3 is 29.4 Å². The second kappa shape index (κ2) is 6.02. The Morgan fingerprint density at radius 1 is 1.14 bits per heavy atom. The first-order chi connectivity index (χ1) is 2.00. The smallest absolute Gasteiger partial charge is 0 e. The predicted molar refractivity (Wildman–Crippen MR) is 11.6 cm³/mol. The molecule has 0 aliphatic carbocycles. The first-order valence-electron chi connectivity index (χ1n) is 0.698. The number of rotatable bonds is 0. The van der Waals surface area contributed by atoms with Gasteiger partial charge in [0.2, 0.25) is 0 Å². The largest absolute Gasteiger partial charge is 0 e. The monoisotopic (exact) mass is 462 g/mol. The first-order valence-corrected chi connectivity index (χ1v) is 3.63. The van der Waals surface area contributed by atoms with Crippen molar-refractivity contribution in [2.45, 2.75) is 0 Å². The molecule has 0 aromatic heterocycles. The van der Waals surface area contributed by atoms with E-state index in [-0.39, 0.29) is 55.0 Å². The van der Waals surface area contributed by atoms with Crippen LogP contribution >= 0.6 is 0 Å². The zero-order valence-electron chi connectivity index (χ0n) is 3.53. The predicted octanol–water partition coefficient (Wildman–Crippen LogP) is -1.74. The maximum atomic E-state index is 8.82. The summed E-state index contributed by atoms with van der Waals surface area (Å²) in [6, 6.07) is 0. The van der Waals surface area contributed by atoms with Gasteiger partial charge in [-0.3, -0.25) is 0 Å². The number of hydrogen-bond donors (Lipinski definition) is 2. The van der Waals surface area contributed by atoms with Crippen molar-refractivity contribution < 1.29 is 71.0 Å². The molecule has 0 fully saturated rings. The van der Waals surface area contributed by atoms with Gasteiger partial charge in [-0.1, -0.05) is 0 Å². The van der Waals surface area contributed by atoms with Crippen molar-refractivity contribution in [3.8, 4) is 0 Å². The van der Waals surface area contributed by atoms with Gasteiger partial charge in [0.05, 0.1) is 0 Å². The van der Waals surface area contributed by atoms with Crippen LogP contribution in [0.1, 0.15) is 0 Å². The van der Waals surface area contributed by atoms with E-state index >= 15 is 0 Å². The third-order valence-electron chi connectivity index (χ3n) is 0. The quantitative estimate of drug-likeness (QED) is 0.424. The summed E-state index contributed by atoms with van der Waals surface area (Å²) in [5, 5.41) is 0. The molecule has 0 spiro atoms. The van der Waals surface area contributed by atoms with Gasteiger partial charge in [0, 0.05) is 55.0 Å². The molecule has 0 bridgehead atoms.